The molecule has 1 aliphatic rings. The Hall–Kier alpha value is -0.710. The number of nitrogens with zero attached hydrogens (tertiary/aromatic N) is 1. The average Bonchev–Trinajstić information content (AvgIpc) is 2.85. The Kier molecular flexibility index (Phi) is 4.31. The summed E-state index contributed by atoms with van der Waals surface area (Å²) in [6.07, 6.45) is 3.56. The number of nitrogens with one attached hydrogen (secondary N) is 1. The molecule has 1 fully saturated rings. The van der Waals surface area contributed by atoms with Gasteiger partial charge in [-0.2, -0.15) is 0 Å². The van der Waals surface area contributed by atoms with Gasteiger partial charge in [0.15, 0.2) is 0 Å². The molecule has 1 N–H and O–H groups in total. The molecule has 0 saturated heterocycles. The van der Waals surface area contributed by atoms with Crippen LogP contribution >= 0.6 is 27.3 Å². The zero-order valence-electron chi connectivity index (χ0n) is 10.7. The maximum absolute atomic E-state index is 4.30. The molecule has 100 valence electrons. The van der Waals surface area contributed by atoms with E-state index < -0.39 is 0 Å². The summed E-state index contributed by atoms with van der Waals surface area (Å²) >= 11 is 5.22. The third-order valence-corrected chi connectivity index (χ3v) is 4.88. The van der Waals surface area contributed by atoms with E-state index in [1.807, 2.05) is 5.51 Å². The highest BCUT2D eigenvalue weighted by molar-refractivity contribution is 9.10. The number of halogens is 1. The van der Waals surface area contributed by atoms with Crippen LogP contribution in [0.2, 0.25) is 0 Å². The summed E-state index contributed by atoms with van der Waals surface area (Å²) in [5, 5.41) is 5.76. The molecule has 1 aliphatic carbocycles. The van der Waals surface area contributed by atoms with E-state index >= 15 is 0 Å². The van der Waals surface area contributed by atoms with E-state index in [4.69, 9.17) is 0 Å². The van der Waals surface area contributed by atoms with Gasteiger partial charge in [0.1, 0.15) is 0 Å². The summed E-state index contributed by atoms with van der Waals surface area (Å²) in [7, 11) is 0. The Bertz CT molecular complexity index is 521. The van der Waals surface area contributed by atoms with Crippen molar-refractivity contribution in [2.45, 2.75) is 31.2 Å². The lowest BCUT2D eigenvalue weighted by molar-refractivity contribution is 0.292. The molecule has 2 nitrogen and oxygen atoms in total. The topological polar surface area (TPSA) is 24.9 Å². The summed E-state index contributed by atoms with van der Waals surface area (Å²) in [6, 6.07) is 9.38. The van der Waals surface area contributed by atoms with Gasteiger partial charge in [0.2, 0.25) is 0 Å². The Balaban J connectivity index is 1.41. The highest BCUT2D eigenvalue weighted by Gasteiger charge is 2.29. The molecule has 0 amide bonds. The van der Waals surface area contributed by atoms with Gasteiger partial charge in [-0.25, -0.2) is 4.98 Å². The molecule has 1 aromatic carbocycles. The van der Waals surface area contributed by atoms with Crippen molar-refractivity contribution in [3.8, 4) is 0 Å². The van der Waals surface area contributed by atoms with Crippen LogP contribution in [0.25, 0.3) is 0 Å². The fraction of sp³-hybridized carbons (Fsp3) is 0.400. The average molecular weight is 337 g/mol. The first-order chi connectivity index (χ1) is 9.31. The van der Waals surface area contributed by atoms with Crippen LogP contribution in [0.15, 0.2) is 39.6 Å². The van der Waals surface area contributed by atoms with Gasteiger partial charge in [-0.3, -0.25) is 0 Å². The normalized spacial score (nSPS) is 22.2. The molecule has 4 heteroatoms. The highest BCUT2D eigenvalue weighted by Crippen LogP contribution is 2.37. The predicted molar refractivity (Wildman–Crippen MR) is 83.7 cm³/mol. The molecule has 19 heavy (non-hydrogen) atoms. The molecular weight excluding hydrogens is 320 g/mol. The molecule has 0 radical (unpaired) electrons. The number of aromatic nitrogens is 1. The summed E-state index contributed by atoms with van der Waals surface area (Å²) in [5.74, 6) is 0.731. The third kappa shape index (κ3) is 3.44. The van der Waals surface area contributed by atoms with Crippen LogP contribution in [0, 0.1) is 0 Å². The number of rotatable bonds is 5. The molecule has 0 bridgehead atoms. The largest absolute Gasteiger partial charge is 0.314 e. The van der Waals surface area contributed by atoms with Gasteiger partial charge in [-0.1, -0.05) is 28.1 Å². The number of benzene rings is 1. The van der Waals surface area contributed by atoms with Crippen LogP contribution in [-0.4, -0.2) is 17.6 Å². The molecular formula is C15H17BrN2S. The zero-order valence-corrected chi connectivity index (χ0v) is 13.1. The second-order valence-electron chi connectivity index (χ2n) is 5.10. The van der Waals surface area contributed by atoms with Gasteiger partial charge in [0.25, 0.3) is 0 Å². The van der Waals surface area contributed by atoms with Gasteiger partial charge < -0.3 is 5.32 Å². The molecule has 2 aromatic rings. The lowest BCUT2D eigenvalue weighted by atomic mass is 9.76. The van der Waals surface area contributed by atoms with Crippen molar-refractivity contribution in [1.29, 1.82) is 0 Å². The van der Waals surface area contributed by atoms with Gasteiger partial charge in [0.05, 0.1) is 11.2 Å². The SMILES string of the molecule is Brc1cccc(C2CC(NCCc3cscn3)C2)c1. The smallest absolute Gasteiger partial charge is 0.0794 e. The van der Waals surface area contributed by atoms with Crippen LogP contribution in [0.3, 0.4) is 0 Å². The van der Waals surface area contributed by atoms with E-state index in [1.165, 1.54) is 28.6 Å². The Morgan fingerprint density at radius 1 is 1.37 bits per heavy atom. The Morgan fingerprint density at radius 2 is 2.26 bits per heavy atom. The van der Waals surface area contributed by atoms with Crippen molar-refractivity contribution >= 4 is 27.3 Å². The second-order valence-corrected chi connectivity index (χ2v) is 6.74. The standard InChI is InChI=1S/C15H17BrN2S/c16-13-3-1-2-11(6-13)12-7-15(8-12)17-5-4-14-9-19-10-18-14/h1-3,6,9-10,12,15,17H,4-5,7-8H2. The summed E-state index contributed by atoms with van der Waals surface area (Å²) in [4.78, 5) is 4.30. The van der Waals surface area contributed by atoms with Crippen molar-refractivity contribution in [3.63, 3.8) is 0 Å². The Morgan fingerprint density at radius 3 is 3.00 bits per heavy atom. The van der Waals surface area contributed by atoms with Crippen molar-refractivity contribution in [2.24, 2.45) is 0 Å². The zero-order chi connectivity index (χ0) is 13.1. The molecule has 0 unspecified atom stereocenters. The van der Waals surface area contributed by atoms with Crippen LogP contribution in [0.5, 0.6) is 0 Å². The number of hydrogen-bond donors (Lipinski definition) is 1. The predicted octanol–water partition coefficient (Wildman–Crippen LogP) is 3.98. The lowest BCUT2D eigenvalue weighted by Gasteiger charge is -2.36. The van der Waals surface area contributed by atoms with Crippen molar-refractivity contribution in [1.82, 2.24) is 10.3 Å². The van der Waals surface area contributed by atoms with E-state index in [2.05, 4.69) is 55.9 Å². The monoisotopic (exact) mass is 336 g/mol. The summed E-state index contributed by atoms with van der Waals surface area (Å²) < 4.78 is 1.19. The summed E-state index contributed by atoms with van der Waals surface area (Å²) in [6.45, 7) is 1.04. The summed E-state index contributed by atoms with van der Waals surface area (Å²) in [5.41, 5.74) is 4.58. The van der Waals surface area contributed by atoms with E-state index in [-0.39, 0.29) is 0 Å². The molecule has 0 atom stereocenters. The van der Waals surface area contributed by atoms with Crippen molar-refractivity contribution in [3.05, 3.63) is 50.9 Å². The maximum Gasteiger partial charge on any atom is 0.0794 e. The van der Waals surface area contributed by atoms with Crippen molar-refractivity contribution in [2.75, 3.05) is 6.54 Å². The van der Waals surface area contributed by atoms with E-state index in [1.54, 1.807) is 11.3 Å². The van der Waals surface area contributed by atoms with Crippen LogP contribution in [0.4, 0.5) is 0 Å². The quantitative estimate of drug-likeness (QED) is 0.893. The second kappa shape index (κ2) is 6.16. The van der Waals surface area contributed by atoms with Gasteiger partial charge in [-0.05, 0) is 36.5 Å². The molecule has 0 spiro atoms. The minimum atomic E-state index is 0.683. The van der Waals surface area contributed by atoms with Gasteiger partial charge in [-0.15, -0.1) is 11.3 Å². The minimum Gasteiger partial charge on any atom is -0.314 e. The molecule has 1 aromatic heterocycles. The molecule has 1 heterocycles. The number of thiazole rings is 1. The van der Waals surface area contributed by atoms with Crippen LogP contribution in [-0.2, 0) is 6.42 Å². The minimum absolute atomic E-state index is 0.683. The van der Waals surface area contributed by atoms with Crippen molar-refractivity contribution < 1.29 is 0 Å². The number of hydrogen-bond acceptors (Lipinski definition) is 3. The fourth-order valence-electron chi connectivity index (χ4n) is 2.58. The molecule has 3 rings (SSSR count). The van der Waals surface area contributed by atoms with Gasteiger partial charge in [0, 0.05) is 28.9 Å². The first-order valence-corrected chi connectivity index (χ1v) is 8.41. The van der Waals surface area contributed by atoms with Crippen LogP contribution in [0.1, 0.15) is 30.0 Å². The van der Waals surface area contributed by atoms with E-state index in [0.717, 1.165) is 18.9 Å². The van der Waals surface area contributed by atoms with E-state index in [0.29, 0.717) is 6.04 Å². The highest BCUT2D eigenvalue weighted by atomic mass is 79.9. The Labute approximate surface area is 126 Å². The molecule has 1 saturated carbocycles. The van der Waals surface area contributed by atoms with Crippen LogP contribution < -0.4 is 5.32 Å². The third-order valence-electron chi connectivity index (χ3n) is 3.76. The maximum atomic E-state index is 4.30. The fourth-order valence-corrected chi connectivity index (χ4v) is 3.59. The first kappa shape index (κ1) is 13.3. The first-order valence-electron chi connectivity index (χ1n) is 6.67. The van der Waals surface area contributed by atoms with Gasteiger partial charge >= 0.3 is 0 Å². The van der Waals surface area contributed by atoms with E-state index in [9.17, 15) is 0 Å². The lowest BCUT2D eigenvalue weighted by Crippen LogP contribution is -2.40. The molecule has 0 aliphatic heterocycles.